The van der Waals surface area contributed by atoms with Gasteiger partial charge in [0.15, 0.2) is 0 Å². The zero-order valence-corrected chi connectivity index (χ0v) is 13.5. The fraction of sp³-hybridized carbons (Fsp3) is 1.00. The van der Waals surface area contributed by atoms with E-state index in [1.807, 2.05) is 0 Å². The van der Waals surface area contributed by atoms with Gasteiger partial charge in [0, 0.05) is 0 Å². The molecule has 2 saturated carbocycles. The first-order valence-electron chi connectivity index (χ1n) is 7.77. The van der Waals surface area contributed by atoms with Gasteiger partial charge in [0.05, 0.1) is 5.75 Å². The van der Waals surface area contributed by atoms with Gasteiger partial charge in [-0.3, -0.25) is 4.55 Å². The molecule has 0 aromatic carbocycles. The summed E-state index contributed by atoms with van der Waals surface area (Å²) in [4.78, 5) is 0. The third-order valence-corrected chi connectivity index (χ3v) is 9.37. The molecule has 0 aromatic rings. The van der Waals surface area contributed by atoms with Gasteiger partial charge < -0.3 is 0 Å². The van der Waals surface area contributed by atoms with Gasteiger partial charge in [-0.15, -0.1) is 0 Å². The molecule has 0 aliphatic heterocycles. The van der Waals surface area contributed by atoms with Crippen molar-refractivity contribution >= 4 is 18.0 Å². The summed E-state index contributed by atoms with van der Waals surface area (Å²) >= 11 is 0. The molecule has 19 heavy (non-hydrogen) atoms. The molecule has 0 saturated heterocycles. The summed E-state index contributed by atoms with van der Waals surface area (Å²) in [6.45, 7) is 0. The molecule has 0 aromatic heterocycles. The Morgan fingerprint density at radius 2 is 1.26 bits per heavy atom. The Bertz CT molecular complexity index is 339. The molecular formula is C14H27O3PS. The molecule has 0 bridgehead atoms. The molecule has 112 valence electrons. The van der Waals surface area contributed by atoms with Crippen LogP contribution in [-0.2, 0) is 10.1 Å². The van der Waals surface area contributed by atoms with E-state index in [-0.39, 0.29) is 13.7 Å². The Labute approximate surface area is 119 Å². The summed E-state index contributed by atoms with van der Waals surface area (Å²) in [5.74, 6) is -0.00823. The monoisotopic (exact) mass is 306 g/mol. The number of rotatable bonds is 5. The van der Waals surface area contributed by atoms with Crippen LogP contribution in [0.4, 0.5) is 0 Å². The van der Waals surface area contributed by atoms with Crippen LogP contribution < -0.4 is 0 Å². The van der Waals surface area contributed by atoms with E-state index in [2.05, 4.69) is 0 Å². The zero-order valence-electron chi connectivity index (χ0n) is 11.8. The van der Waals surface area contributed by atoms with E-state index in [4.69, 9.17) is 4.55 Å². The highest BCUT2D eigenvalue weighted by atomic mass is 32.2. The Morgan fingerprint density at radius 3 is 1.63 bits per heavy atom. The maximum Gasteiger partial charge on any atom is 0.265 e. The summed E-state index contributed by atoms with van der Waals surface area (Å²) in [5, 5.41) is 0. The Morgan fingerprint density at radius 1 is 0.842 bits per heavy atom. The van der Waals surface area contributed by atoms with Crippen LogP contribution in [0.5, 0.6) is 0 Å². The molecule has 0 heterocycles. The normalized spacial score (nSPS) is 23.9. The van der Waals surface area contributed by atoms with E-state index < -0.39 is 10.1 Å². The van der Waals surface area contributed by atoms with E-state index in [1.54, 1.807) is 0 Å². The van der Waals surface area contributed by atoms with Crippen molar-refractivity contribution in [2.45, 2.75) is 75.5 Å². The first-order valence-corrected chi connectivity index (χ1v) is 11.0. The predicted octanol–water partition coefficient (Wildman–Crippen LogP) is 4.02. The summed E-state index contributed by atoms with van der Waals surface area (Å²) in [6, 6.07) is 0. The van der Waals surface area contributed by atoms with Crippen molar-refractivity contribution in [1.82, 2.24) is 0 Å². The van der Waals surface area contributed by atoms with Crippen LogP contribution in [0.25, 0.3) is 0 Å². The Kier molecular flexibility index (Phi) is 6.11. The molecule has 5 heteroatoms. The van der Waals surface area contributed by atoms with Crippen molar-refractivity contribution in [3.63, 3.8) is 0 Å². The van der Waals surface area contributed by atoms with Gasteiger partial charge in [-0.1, -0.05) is 46.4 Å². The van der Waals surface area contributed by atoms with Crippen LogP contribution >= 0.6 is 7.92 Å². The van der Waals surface area contributed by atoms with Gasteiger partial charge in [0.2, 0.25) is 0 Å². The highest BCUT2D eigenvalue weighted by molar-refractivity contribution is 7.86. The maximum atomic E-state index is 11.1. The lowest BCUT2D eigenvalue weighted by Crippen LogP contribution is -2.24. The van der Waals surface area contributed by atoms with E-state index in [9.17, 15) is 8.42 Å². The van der Waals surface area contributed by atoms with Gasteiger partial charge >= 0.3 is 0 Å². The predicted molar refractivity (Wildman–Crippen MR) is 81.9 cm³/mol. The molecule has 1 N–H and O–H groups in total. The Balaban J connectivity index is 1.98. The highest BCUT2D eigenvalue weighted by Gasteiger charge is 2.31. The van der Waals surface area contributed by atoms with E-state index in [0.717, 1.165) is 17.5 Å². The van der Waals surface area contributed by atoms with Crippen LogP contribution in [0.15, 0.2) is 0 Å². The molecule has 0 amide bonds. The lowest BCUT2D eigenvalue weighted by atomic mass is 9.99. The zero-order chi connectivity index (χ0) is 13.7. The smallest absolute Gasteiger partial charge is 0.265 e. The van der Waals surface area contributed by atoms with Crippen LogP contribution in [0.3, 0.4) is 0 Å². The van der Waals surface area contributed by atoms with Crippen LogP contribution in [0.1, 0.15) is 64.2 Å². The lowest BCUT2D eigenvalue weighted by Gasteiger charge is -2.38. The second kappa shape index (κ2) is 7.38. The number of hydrogen-bond donors (Lipinski definition) is 1. The molecule has 2 aliphatic rings. The van der Waals surface area contributed by atoms with Crippen molar-refractivity contribution < 1.29 is 13.0 Å². The molecule has 0 unspecified atom stereocenters. The van der Waals surface area contributed by atoms with Gasteiger partial charge in [0.1, 0.15) is 0 Å². The number of hydrogen-bond acceptors (Lipinski definition) is 2. The second-order valence-corrected chi connectivity index (χ2v) is 10.6. The molecule has 0 atom stereocenters. The quantitative estimate of drug-likeness (QED) is 0.616. The molecule has 2 fully saturated rings. The molecule has 2 rings (SSSR count). The molecule has 2 aliphatic carbocycles. The van der Waals surface area contributed by atoms with E-state index >= 15 is 0 Å². The minimum Gasteiger partial charge on any atom is -0.286 e. The standard InChI is InChI=1S/C14H27O3PS/c15-19(16,17)12-11-18(13-7-3-1-4-8-13)14-9-5-2-6-10-14/h13-14H,1-12H2,(H,15,16,17). The van der Waals surface area contributed by atoms with Gasteiger partial charge in [-0.25, -0.2) is 0 Å². The van der Waals surface area contributed by atoms with Crippen molar-refractivity contribution in [1.29, 1.82) is 0 Å². The van der Waals surface area contributed by atoms with Crippen LogP contribution in [0.2, 0.25) is 0 Å². The average molecular weight is 306 g/mol. The van der Waals surface area contributed by atoms with Crippen molar-refractivity contribution in [3.05, 3.63) is 0 Å². The molecular weight excluding hydrogens is 279 g/mol. The molecule has 0 radical (unpaired) electrons. The topological polar surface area (TPSA) is 54.4 Å². The first kappa shape index (κ1) is 15.7. The third kappa shape index (κ3) is 5.32. The maximum absolute atomic E-state index is 11.1. The molecule has 3 nitrogen and oxygen atoms in total. The minimum atomic E-state index is -3.78. The van der Waals surface area contributed by atoms with Crippen molar-refractivity contribution in [2.24, 2.45) is 0 Å². The van der Waals surface area contributed by atoms with Gasteiger partial charge in [-0.05, 0) is 43.2 Å². The fourth-order valence-electron chi connectivity index (χ4n) is 3.71. The summed E-state index contributed by atoms with van der Waals surface area (Å²) in [7, 11) is -3.98. The largest absolute Gasteiger partial charge is 0.286 e. The van der Waals surface area contributed by atoms with Crippen molar-refractivity contribution in [3.8, 4) is 0 Å². The van der Waals surface area contributed by atoms with Crippen LogP contribution in [-0.4, -0.2) is 36.2 Å². The summed E-state index contributed by atoms with van der Waals surface area (Å²) < 4.78 is 31.2. The minimum absolute atomic E-state index is 0.00823. The first-order chi connectivity index (χ1) is 9.06. The lowest BCUT2D eigenvalue weighted by molar-refractivity contribution is 0.479. The van der Waals surface area contributed by atoms with Crippen LogP contribution in [0, 0.1) is 0 Å². The van der Waals surface area contributed by atoms with Gasteiger partial charge in [0.25, 0.3) is 10.1 Å². The van der Waals surface area contributed by atoms with Gasteiger partial charge in [-0.2, -0.15) is 8.42 Å². The van der Waals surface area contributed by atoms with E-state index in [1.165, 1.54) is 64.2 Å². The average Bonchev–Trinajstić information content (AvgIpc) is 2.40. The van der Waals surface area contributed by atoms with Crippen molar-refractivity contribution in [2.75, 3.05) is 11.9 Å². The SMILES string of the molecule is O=S(=O)(O)CCP(C1CCCCC1)C1CCCCC1. The fourth-order valence-corrected chi connectivity index (χ4v) is 8.86. The second-order valence-electron chi connectivity index (χ2n) is 6.11. The summed E-state index contributed by atoms with van der Waals surface area (Å²) in [6.07, 6.45) is 13.9. The van der Waals surface area contributed by atoms with E-state index in [0.29, 0.717) is 0 Å². The highest BCUT2D eigenvalue weighted by Crippen LogP contribution is 2.55. The summed E-state index contributed by atoms with van der Waals surface area (Å²) in [5.41, 5.74) is 1.54. The third-order valence-electron chi connectivity index (χ3n) is 4.69. The Hall–Kier alpha value is 0.340. The molecule has 0 spiro atoms.